The minimum Gasteiger partial charge on any atom is -0.364 e. The molecule has 5 nitrogen and oxygen atoms in total. The van der Waals surface area contributed by atoms with Gasteiger partial charge in [0.25, 0.3) is 0 Å². The van der Waals surface area contributed by atoms with Crippen LogP contribution in [-0.4, -0.2) is 44.2 Å². The smallest absolute Gasteiger partial charge is 0.216 e. The van der Waals surface area contributed by atoms with Crippen LogP contribution in [0.3, 0.4) is 0 Å². The first-order valence-corrected chi connectivity index (χ1v) is 4.79. The molecule has 14 heavy (non-hydrogen) atoms. The molecular formula is C9H15NO4. The van der Waals surface area contributed by atoms with Gasteiger partial charge in [0, 0.05) is 27.0 Å². The first-order valence-electron chi connectivity index (χ1n) is 4.79. The van der Waals surface area contributed by atoms with E-state index in [9.17, 15) is 4.79 Å². The van der Waals surface area contributed by atoms with Crippen molar-refractivity contribution in [3.8, 4) is 0 Å². The molecule has 4 atom stereocenters. The Morgan fingerprint density at radius 2 is 2.36 bits per heavy atom. The SMILES string of the molecule is COC1OC(CNC(C)=O)CC2OC21. The number of methoxy groups -OCH3 is 1. The fourth-order valence-corrected chi connectivity index (χ4v) is 1.75. The van der Waals surface area contributed by atoms with E-state index in [1.54, 1.807) is 7.11 Å². The van der Waals surface area contributed by atoms with Gasteiger partial charge in [-0.25, -0.2) is 0 Å². The maximum absolute atomic E-state index is 10.7. The largest absolute Gasteiger partial charge is 0.364 e. The molecule has 4 unspecified atom stereocenters. The van der Waals surface area contributed by atoms with Crippen LogP contribution in [0.4, 0.5) is 0 Å². The summed E-state index contributed by atoms with van der Waals surface area (Å²) in [7, 11) is 1.60. The monoisotopic (exact) mass is 201 g/mol. The van der Waals surface area contributed by atoms with Crippen molar-refractivity contribution in [2.75, 3.05) is 13.7 Å². The fourth-order valence-electron chi connectivity index (χ4n) is 1.75. The summed E-state index contributed by atoms with van der Waals surface area (Å²) in [6, 6.07) is 0. The van der Waals surface area contributed by atoms with Crippen molar-refractivity contribution in [3.63, 3.8) is 0 Å². The minimum absolute atomic E-state index is 0.00704. The standard InChI is InChI=1S/C9H15NO4/c1-5(11)10-4-6-3-7-8(14-7)9(12-2)13-6/h6-9H,3-4H2,1-2H3,(H,10,11). The number of hydrogen-bond donors (Lipinski definition) is 1. The summed E-state index contributed by atoms with van der Waals surface area (Å²) in [5.74, 6) is -0.0404. The van der Waals surface area contributed by atoms with Gasteiger partial charge >= 0.3 is 0 Å². The fraction of sp³-hybridized carbons (Fsp3) is 0.889. The molecule has 80 valence electrons. The van der Waals surface area contributed by atoms with E-state index in [1.165, 1.54) is 6.92 Å². The van der Waals surface area contributed by atoms with Crippen LogP contribution in [0.25, 0.3) is 0 Å². The summed E-state index contributed by atoms with van der Waals surface area (Å²) in [6.07, 6.45) is 0.936. The maximum Gasteiger partial charge on any atom is 0.216 e. The van der Waals surface area contributed by atoms with Gasteiger partial charge in [-0.05, 0) is 0 Å². The molecule has 2 aliphatic rings. The number of nitrogens with one attached hydrogen (secondary N) is 1. The van der Waals surface area contributed by atoms with Gasteiger partial charge in [-0.1, -0.05) is 0 Å². The Hall–Kier alpha value is -0.650. The van der Waals surface area contributed by atoms with Gasteiger partial charge in [-0.2, -0.15) is 0 Å². The number of rotatable bonds is 3. The number of amides is 1. The van der Waals surface area contributed by atoms with Crippen LogP contribution < -0.4 is 5.32 Å². The highest BCUT2D eigenvalue weighted by molar-refractivity contribution is 5.72. The van der Waals surface area contributed by atoms with E-state index in [-0.39, 0.29) is 30.5 Å². The highest BCUT2D eigenvalue weighted by atomic mass is 16.7. The zero-order valence-electron chi connectivity index (χ0n) is 8.36. The van der Waals surface area contributed by atoms with Gasteiger partial charge in [0.1, 0.15) is 6.10 Å². The number of carbonyl (C=O) groups excluding carboxylic acids is 1. The first-order chi connectivity index (χ1) is 6.70. The molecule has 0 spiro atoms. The summed E-state index contributed by atoms with van der Waals surface area (Å²) in [6.45, 7) is 2.02. The summed E-state index contributed by atoms with van der Waals surface area (Å²) < 4.78 is 16.1. The third-order valence-corrected chi connectivity index (χ3v) is 2.52. The number of carbonyl (C=O) groups is 1. The molecule has 0 aromatic heterocycles. The molecule has 0 aromatic rings. The van der Waals surface area contributed by atoms with Crippen LogP contribution in [0.5, 0.6) is 0 Å². The average molecular weight is 201 g/mol. The molecule has 5 heteroatoms. The Balaban J connectivity index is 1.79. The number of fused-ring (bicyclic) bond motifs is 1. The van der Waals surface area contributed by atoms with E-state index in [1.807, 2.05) is 0 Å². The molecular weight excluding hydrogens is 186 g/mol. The van der Waals surface area contributed by atoms with Gasteiger partial charge in [0.05, 0.1) is 12.2 Å². The average Bonchev–Trinajstić information content (AvgIpc) is 2.91. The lowest BCUT2D eigenvalue weighted by Crippen LogP contribution is -2.41. The van der Waals surface area contributed by atoms with Crippen LogP contribution in [-0.2, 0) is 19.0 Å². The normalized spacial score (nSPS) is 40.1. The second-order valence-electron chi connectivity index (χ2n) is 3.67. The van der Waals surface area contributed by atoms with E-state index in [4.69, 9.17) is 14.2 Å². The molecule has 2 rings (SSSR count). The zero-order chi connectivity index (χ0) is 10.1. The topological polar surface area (TPSA) is 60.1 Å². The second kappa shape index (κ2) is 3.84. The predicted octanol–water partition coefficient (Wildman–Crippen LogP) is -0.349. The van der Waals surface area contributed by atoms with E-state index in [0.717, 1.165) is 6.42 Å². The third kappa shape index (κ3) is 2.05. The van der Waals surface area contributed by atoms with Crippen molar-refractivity contribution in [2.24, 2.45) is 0 Å². The lowest BCUT2D eigenvalue weighted by molar-refractivity contribution is -0.172. The van der Waals surface area contributed by atoms with Crippen LogP contribution in [0, 0.1) is 0 Å². The Labute approximate surface area is 82.7 Å². The van der Waals surface area contributed by atoms with Crippen molar-refractivity contribution in [1.82, 2.24) is 5.32 Å². The van der Waals surface area contributed by atoms with Crippen LogP contribution in [0.1, 0.15) is 13.3 Å². The molecule has 0 aromatic carbocycles. The molecule has 2 saturated heterocycles. The summed E-state index contributed by atoms with van der Waals surface area (Å²) in [5.41, 5.74) is 0. The predicted molar refractivity (Wildman–Crippen MR) is 47.6 cm³/mol. The summed E-state index contributed by atoms with van der Waals surface area (Å²) >= 11 is 0. The minimum atomic E-state index is -0.271. The molecule has 2 heterocycles. The quantitative estimate of drug-likeness (QED) is 0.634. The van der Waals surface area contributed by atoms with E-state index < -0.39 is 0 Å². The van der Waals surface area contributed by atoms with Crippen molar-refractivity contribution < 1.29 is 19.0 Å². The highest BCUT2D eigenvalue weighted by Crippen LogP contribution is 2.37. The van der Waals surface area contributed by atoms with E-state index in [2.05, 4.69) is 5.32 Å². The lowest BCUT2D eigenvalue weighted by atomic mass is 10.1. The zero-order valence-corrected chi connectivity index (χ0v) is 8.36. The van der Waals surface area contributed by atoms with Crippen molar-refractivity contribution >= 4 is 5.91 Å². The Kier molecular flexibility index (Phi) is 2.71. The van der Waals surface area contributed by atoms with Gasteiger partial charge in [-0.3, -0.25) is 4.79 Å². The van der Waals surface area contributed by atoms with Gasteiger partial charge in [0.15, 0.2) is 6.29 Å². The molecule has 2 aliphatic heterocycles. The van der Waals surface area contributed by atoms with E-state index >= 15 is 0 Å². The molecule has 1 amide bonds. The molecule has 0 aliphatic carbocycles. The third-order valence-electron chi connectivity index (χ3n) is 2.52. The maximum atomic E-state index is 10.7. The Morgan fingerprint density at radius 1 is 1.57 bits per heavy atom. The molecule has 0 bridgehead atoms. The molecule has 1 N–H and O–H groups in total. The van der Waals surface area contributed by atoms with Crippen LogP contribution in [0.15, 0.2) is 0 Å². The summed E-state index contributed by atoms with van der Waals surface area (Å²) in [5, 5.41) is 2.72. The van der Waals surface area contributed by atoms with Crippen molar-refractivity contribution in [2.45, 2.75) is 37.9 Å². The van der Waals surface area contributed by atoms with Gasteiger partial charge in [-0.15, -0.1) is 0 Å². The first kappa shape index (κ1) is 9.89. The Morgan fingerprint density at radius 3 is 3.00 bits per heavy atom. The Bertz CT molecular complexity index is 233. The number of epoxide rings is 1. The van der Waals surface area contributed by atoms with Gasteiger partial charge in [0.2, 0.25) is 5.91 Å². The van der Waals surface area contributed by atoms with Crippen molar-refractivity contribution in [1.29, 1.82) is 0 Å². The number of ether oxygens (including phenoxy) is 3. The highest BCUT2D eigenvalue weighted by Gasteiger charge is 2.51. The van der Waals surface area contributed by atoms with Crippen molar-refractivity contribution in [3.05, 3.63) is 0 Å². The van der Waals surface area contributed by atoms with Crippen LogP contribution >= 0.6 is 0 Å². The lowest BCUT2D eigenvalue weighted by Gasteiger charge is -2.26. The molecule has 0 saturated carbocycles. The second-order valence-corrected chi connectivity index (χ2v) is 3.67. The van der Waals surface area contributed by atoms with Gasteiger partial charge < -0.3 is 19.5 Å². The van der Waals surface area contributed by atoms with Crippen LogP contribution in [0.2, 0.25) is 0 Å². The summed E-state index contributed by atoms with van der Waals surface area (Å²) in [4.78, 5) is 10.7. The molecule has 2 fully saturated rings. The molecule has 0 radical (unpaired) electrons. The van der Waals surface area contributed by atoms with E-state index in [0.29, 0.717) is 6.54 Å². The number of hydrogen-bond acceptors (Lipinski definition) is 4.